The first-order valence-corrected chi connectivity index (χ1v) is 21.8. The van der Waals surface area contributed by atoms with Crippen LogP contribution in [0.25, 0.3) is 22.5 Å². The summed E-state index contributed by atoms with van der Waals surface area (Å²) >= 11 is 0. The second-order valence-corrected chi connectivity index (χ2v) is 16.1. The third-order valence-electron chi connectivity index (χ3n) is 11.9. The maximum absolute atomic E-state index is 13.3. The number of nitrogens with two attached hydrogens (primary N) is 1. The lowest BCUT2D eigenvalue weighted by atomic mass is 9.96. The molecule has 2 aromatic carbocycles. The number of benzene rings is 2. The minimum Gasteiger partial charge on any atom is -0.453 e. The smallest absolute Gasteiger partial charge is 0.406 e. The van der Waals surface area contributed by atoms with E-state index in [-0.39, 0.29) is 23.9 Å². The number of aromatic nitrogens is 4. The van der Waals surface area contributed by atoms with Gasteiger partial charge in [-0.05, 0) is 87.5 Å². The van der Waals surface area contributed by atoms with E-state index in [1.165, 1.54) is 21.3 Å². The van der Waals surface area contributed by atoms with Crippen molar-refractivity contribution in [1.82, 2.24) is 35.1 Å². The van der Waals surface area contributed by atoms with Crippen molar-refractivity contribution in [3.05, 3.63) is 83.7 Å². The van der Waals surface area contributed by atoms with E-state index in [4.69, 9.17) is 19.4 Å². The van der Waals surface area contributed by atoms with Crippen LogP contribution in [0.15, 0.2) is 60.9 Å². The molecule has 0 unspecified atom stereocenters. The van der Waals surface area contributed by atoms with Gasteiger partial charge < -0.3 is 49.8 Å². The van der Waals surface area contributed by atoms with Crippen LogP contribution in [0.4, 0.5) is 9.59 Å². The summed E-state index contributed by atoms with van der Waals surface area (Å²) < 4.78 is 19.0. The van der Waals surface area contributed by atoms with Crippen molar-refractivity contribution >= 4 is 24.0 Å². The molecule has 336 valence electrons. The van der Waals surface area contributed by atoms with Gasteiger partial charge in [-0.2, -0.15) is 0 Å². The van der Waals surface area contributed by atoms with Crippen molar-refractivity contribution in [1.29, 1.82) is 0 Å². The minimum absolute atomic E-state index is 0.0101. The van der Waals surface area contributed by atoms with Gasteiger partial charge in [0.25, 0.3) is 0 Å². The number of nitrogens with one attached hydrogen (secondary N) is 3. The summed E-state index contributed by atoms with van der Waals surface area (Å²) in [7, 11) is 4.05. The second kappa shape index (κ2) is 23.3. The van der Waals surface area contributed by atoms with Crippen molar-refractivity contribution in [2.45, 2.75) is 76.3 Å². The van der Waals surface area contributed by atoms with E-state index in [0.29, 0.717) is 24.7 Å². The number of alkyl carbamates (subject to hydrolysis) is 1. The molecule has 4 fully saturated rings. The summed E-state index contributed by atoms with van der Waals surface area (Å²) in [4.78, 5) is 66.3. The average molecular weight is 865 g/mol. The first-order valence-electron chi connectivity index (χ1n) is 21.8. The predicted molar refractivity (Wildman–Crippen MR) is 236 cm³/mol. The van der Waals surface area contributed by atoms with E-state index < -0.39 is 12.2 Å². The van der Waals surface area contributed by atoms with Crippen molar-refractivity contribution < 1.29 is 38.1 Å². The Kier molecular flexibility index (Phi) is 17.1. The largest absolute Gasteiger partial charge is 0.453 e. The van der Waals surface area contributed by atoms with Crippen LogP contribution in [0.3, 0.4) is 0 Å². The lowest BCUT2D eigenvalue weighted by Gasteiger charge is -2.27. The van der Waals surface area contributed by atoms with Gasteiger partial charge >= 0.3 is 12.2 Å². The second-order valence-electron chi connectivity index (χ2n) is 16.1. The van der Waals surface area contributed by atoms with Crippen LogP contribution in [0.1, 0.15) is 99.1 Å². The highest BCUT2D eigenvalue weighted by Gasteiger charge is 2.34. The molecule has 16 nitrogen and oxygen atoms in total. The molecule has 8 rings (SSSR count). The fraction of sp³-hybridized carbons (Fsp3) is 0.489. The Bertz CT molecular complexity index is 2060. The van der Waals surface area contributed by atoms with E-state index in [1.807, 2.05) is 46.5 Å². The van der Waals surface area contributed by atoms with E-state index >= 15 is 0 Å². The number of ether oxygens (including phenoxy) is 4. The van der Waals surface area contributed by atoms with Gasteiger partial charge in [-0.25, -0.2) is 19.6 Å². The number of likely N-dealkylation sites (tertiary alicyclic amines) is 2. The highest BCUT2D eigenvalue weighted by Crippen LogP contribution is 2.35. The molecule has 16 heteroatoms. The summed E-state index contributed by atoms with van der Waals surface area (Å²) in [6, 6.07) is 16.3. The van der Waals surface area contributed by atoms with Crippen LogP contribution < -0.4 is 11.1 Å². The van der Waals surface area contributed by atoms with Crippen molar-refractivity contribution in [3.8, 4) is 34.4 Å². The molecule has 63 heavy (non-hydrogen) atoms. The molecule has 2 atom stereocenters. The summed E-state index contributed by atoms with van der Waals surface area (Å²) in [6.45, 7) is 4.60. The van der Waals surface area contributed by atoms with Crippen LogP contribution in [-0.2, 0) is 28.5 Å². The molecule has 4 amide bonds. The summed E-state index contributed by atoms with van der Waals surface area (Å²) in [5, 5.41) is 2.25. The highest BCUT2D eigenvalue weighted by molar-refractivity contribution is 5.78. The molecular weight excluding hydrogens is 805 g/mol. The SMILES string of the molecule is CNC(=O)OC.COC(N)=O.O=C(CC1CCOCC1)N1CCC[C@H]1c1ncc(-c2cccc(C#Cc3cccc(-c4cnc([C@@H]5CCCN5C(=O)CC5CCOCC5)[nH]4)c3)c2)[nH]1. The lowest BCUT2D eigenvalue weighted by molar-refractivity contribution is -0.134. The molecule has 0 bridgehead atoms. The molecule has 4 saturated heterocycles. The van der Waals surface area contributed by atoms with Gasteiger partial charge in [0.15, 0.2) is 0 Å². The van der Waals surface area contributed by atoms with Crippen molar-refractivity contribution in [3.63, 3.8) is 0 Å². The van der Waals surface area contributed by atoms with Gasteiger partial charge in [0.2, 0.25) is 11.8 Å². The molecule has 0 radical (unpaired) electrons. The minimum atomic E-state index is -0.745. The van der Waals surface area contributed by atoms with Crippen molar-refractivity contribution in [2.24, 2.45) is 17.6 Å². The van der Waals surface area contributed by atoms with Gasteiger partial charge in [0, 0.05) is 81.7 Å². The number of carbonyl (C=O) groups excluding carboxylic acids is 4. The van der Waals surface area contributed by atoms with Gasteiger partial charge in [-0.15, -0.1) is 0 Å². The number of imidazole rings is 2. The average Bonchev–Trinajstić information content (AvgIpc) is 4.17. The molecule has 2 aromatic heterocycles. The van der Waals surface area contributed by atoms with Gasteiger partial charge in [0.05, 0.1) is 50.1 Å². The number of nitrogens with zero attached hydrogens (tertiary/aromatic N) is 4. The zero-order chi connectivity index (χ0) is 44.6. The van der Waals surface area contributed by atoms with Crippen LogP contribution >= 0.6 is 0 Å². The van der Waals surface area contributed by atoms with E-state index in [0.717, 1.165) is 136 Å². The Labute approximate surface area is 369 Å². The zero-order valence-electron chi connectivity index (χ0n) is 36.5. The normalized spacial score (nSPS) is 18.8. The molecule has 4 aliphatic rings. The van der Waals surface area contributed by atoms with Gasteiger partial charge in [0.1, 0.15) is 11.6 Å². The molecule has 4 aromatic rings. The summed E-state index contributed by atoms with van der Waals surface area (Å²) in [6.07, 6.45) is 11.5. The number of carbonyl (C=O) groups is 4. The Morgan fingerprint density at radius 1 is 0.714 bits per heavy atom. The molecule has 0 aliphatic carbocycles. The Morgan fingerprint density at radius 2 is 1.14 bits per heavy atom. The number of primary amides is 1. The quantitative estimate of drug-likeness (QED) is 0.141. The highest BCUT2D eigenvalue weighted by atomic mass is 16.5. The Hall–Kier alpha value is -6.18. The number of hydrogen-bond donors (Lipinski definition) is 4. The number of hydrogen-bond acceptors (Lipinski definition) is 10. The molecule has 0 spiro atoms. The van der Waals surface area contributed by atoms with Crippen LogP contribution in [0.5, 0.6) is 0 Å². The number of rotatable bonds is 8. The van der Waals surface area contributed by atoms with Crippen LogP contribution in [0.2, 0.25) is 0 Å². The Morgan fingerprint density at radius 3 is 1.51 bits per heavy atom. The standard InChI is InChI=1S/C42H48N6O4.C3H7NO2.C2H5NO2/c49-39(25-31-13-19-51-20-14-31)47-17-3-9-37(47)41-43-27-35(45-41)33-7-1-5-29(23-33)11-12-30-6-2-8-34(24-30)36-28-44-42(46-36)38-10-4-18-48(38)40(50)26-32-15-21-52-22-16-32;1-4-3(5)6-2;1-5-2(3)4/h1-2,5-8,23-24,27-28,31-32,37-38H,3-4,9-10,13-22,25-26H2,(H,43,45)(H,44,46);1-2H3,(H,4,5);1H3,(H2,3,4)/t37-,38-;;/m0../s1. The van der Waals surface area contributed by atoms with Gasteiger partial charge in [-0.1, -0.05) is 36.1 Å². The fourth-order valence-corrected chi connectivity index (χ4v) is 8.41. The number of methoxy groups -OCH3 is 2. The van der Waals surface area contributed by atoms with E-state index in [1.54, 1.807) is 0 Å². The first kappa shape index (κ1) is 46.3. The first-order chi connectivity index (χ1) is 30.6. The summed E-state index contributed by atoms with van der Waals surface area (Å²) in [5.41, 5.74) is 10.1. The third kappa shape index (κ3) is 13.2. The molecule has 4 aliphatic heterocycles. The molecule has 5 N–H and O–H groups in total. The Balaban J connectivity index is 0.000000536. The third-order valence-corrected chi connectivity index (χ3v) is 11.9. The zero-order valence-corrected chi connectivity index (χ0v) is 36.5. The maximum atomic E-state index is 13.3. The fourth-order valence-electron chi connectivity index (χ4n) is 8.41. The predicted octanol–water partition coefficient (Wildman–Crippen LogP) is 6.51. The van der Waals surface area contributed by atoms with Crippen LogP contribution in [-0.4, -0.2) is 115 Å². The monoisotopic (exact) mass is 864 g/mol. The topological polar surface area (TPSA) is 207 Å². The lowest BCUT2D eigenvalue weighted by Crippen LogP contribution is -2.33. The molecule has 6 heterocycles. The maximum Gasteiger partial charge on any atom is 0.406 e. The molecular formula is C47H60N8O8. The van der Waals surface area contributed by atoms with Crippen molar-refractivity contribution in [2.75, 3.05) is 60.8 Å². The number of H-pyrrole nitrogens is 2. The van der Waals surface area contributed by atoms with Gasteiger partial charge in [-0.3, -0.25) is 9.59 Å². The number of aromatic amines is 2. The number of amides is 4. The van der Waals surface area contributed by atoms with Crippen LogP contribution in [0, 0.1) is 23.7 Å². The molecule has 0 saturated carbocycles. The van der Waals surface area contributed by atoms with E-state index in [9.17, 15) is 19.2 Å². The summed E-state index contributed by atoms with van der Waals surface area (Å²) in [5.74, 6) is 9.70. The van der Waals surface area contributed by atoms with E-state index in [2.05, 4.69) is 66.6 Å².